The summed E-state index contributed by atoms with van der Waals surface area (Å²) in [6.07, 6.45) is -8.60. The van der Waals surface area contributed by atoms with E-state index in [0.717, 1.165) is 20.3 Å². The number of halogens is 3. The Morgan fingerprint density at radius 3 is 1.93 bits per heavy atom. The van der Waals surface area contributed by atoms with E-state index in [4.69, 9.17) is 0 Å². The fourth-order valence-corrected chi connectivity index (χ4v) is 6.03. The summed E-state index contributed by atoms with van der Waals surface area (Å²) in [6.45, 7) is 8.16. The van der Waals surface area contributed by atoms with Gasteiger partial charge in [0.05, 0.1) is 18.8 Å². The Labute approximate surface area is 327 Å². The second kappa shape index (κ2) is 22.8. The number of rotatable bonds is 21. The minimum atomic E-state index is -4.91. The van der Waals surface area contributed by atoms with E-state index < -0.39 is 85.1 Å². The van der Waals surface area contributed by atoms with Gasteiger partial charge in [0, 0.05) is 48.1 Å². The molecule has 1 rings (SSSR count). The monoisotopic (exact) mass is 799 g/mol. The summed E-state index contributed by atoms with van der Waals surface area (Å²) in [6, 6.07) is 4.79. The number of aliphatic hydroxyl groups excluding tert-OH is 1. The number of hydrogen-bond donors (Lipinski definition) is 3. The number of likely N-dealkylation sites (N-methyl/N-ethyl adjacent to an activating group) is 5. The average Bonchev–Trinajstić information content (AvgIpc) is 3.14. The number of nitrogens with one attached hydrogen (secondary N) is 2. The lowest BCUT2D eigenvalue weighted by molar-refractivity contribution is -0.205. The largest absolute Gasteiger partial charge is 0.414 e. The normalized spacial score (nSPS) is 14.2. The number of benzene rings is 1. The first-order chi connectivity index (χ1) is 26.0. The maximum atomic E-state index is 14.1. The van der Waals surface area contributed by atoms with E-state index in [-0.39, 0.29) is 37.5 Å². The molecule has 18 heteroatoms. The molecular formula is C38H60F3N7O8. The molecule has 0 bridgehead atoms. The molecule has 0 aliphatic heterocycles. The molecule has 0 heterocycles. The van der Waals surface area contributed by atoms with Gasteiger partial charge in [0.15, 0.2) is 0 Å². The molecule has 1 aromatic rings. The van der Waals surface area contributed by atoms with Crippen LogP contribution in [0, 0.1) is 11.8 Å². The van der Waals surface area contributed by atoms with Crippen molar-refractivity contribution in [3.8, 4) is 0 Å². The van der Waals surface area contributed by atoms with Crippen LogP contribution in [0.25, 0.3) is 0 Å². The third-order valence-electron chi connectivity index (χ3n) is 9.33. The van der Waals surface area contributed by atoms with Gasteiger partial charge in [-0.15, -0.1) is 0 Å². The molecule has 1 unspecified atom stereocenters. The molecule has 0 spiro atoms. The van der Waals surface area contributed by atoms with Gasteiger partial charge >= 0.3 is 12.2 Å². The minimum absolute atomic E-state index is 0.0181. The van der Waals surface area contributed by atoms with Crippen LogP contribution < -0.4 is 10.6 Å². The standard InChI is InChI=1S/C38H60F3N7O8/c1-11-31(51)46(8)30(21-26-16-13-12-14-17-26)42-28(20-24(2)3)36(55)48(10)37(56)47(9)33(25(4)5)34(53)43-27(18-15-19-29(50)38(39,40)41)35(54)44(6)22-32(52)45(7)23-49/h12-14,16-17,23-25,27-30,33,42,50H,11,15,18-22H2,1-10H3,(H,43,53)/t27-,28-,29?,30-,33-/m0/s1. The van der Waals surface area contributed by atoms with Crippen LogP contribution in [0.3, 0.4) is 0 Å². The van der Waals surface area contributed by atoms with E-state index >= 15 is 0 Å². The number of aliphatic hydroxyl groups is 1. The average molecular weight is 800 g/mol. The lowest BCUT2D eigenvalue weighted by Gasteiger charge is -2.36. The Balaban J connectivity index is 3.39. The number of urea groups is 1. The second-order valence-electron chi connectivity index (χ2n) is 14.7. The molecule has 0 saturated carbocycles. The summed E-state index contributed by atoms with van der Waals surface area (Å²) < 4.78 is 39.0. The van der Waals surface area contributed by atoms with Crippen LogP contribution in [0.4, 0.5) is 18.0 Å². The number of carbonyl (C=O) groups excluding carboxylic acids is 7. The molecule has 3 N–H and O–H groups in total. The fraction of sp³-hybridized carbons (Fsp3) is 0.658. The highest BCUT2D eigenvalue weighted by Crippen LogP contribution is 2.24. The molecule has 8 amide bonds. The summed E-state index contributed by atoms with van der Waals surface area (Å²) in [7, 11) is 6.57. The summed E-state index contributed by atoms with van der Waals surface area (Å²) in [5.41, 5.74) is 0.908. The Bertz CT molecular complexity index is 1480. The lowest BCUT2D eigenvalue weighted by Crippen LogP contribution is -2.60. The minimum Gasteiger partial charge on any atom is -0.384 e. The van der Waals surface area contributed by atoms with E-state index in [0.29, 0.717) is 17.7 Å². The number of nitrogens with zero attached hydrogens (tertiary/aromatic N) is 5. The molecule has 316 valence electrons. The highest BCUT2D eigenvalue weighted by Gasteiger charge is 2.40. The Hall–Kier alpha value is -4.58. The van der Waals surface area contributed by atoms with Crippen molar-refractivity contribution < 1.29 is 51.8 Å². The molecule has 0 fully saturated rings. The molecular weight excluding hydrogens is 739 g/mol. The van der Waals surface area contributed by atoms with E-state index in [9.17, 15) is 51.8 Å². The highest BCUT2D eigenvalue weighted by atomic mass is 19.4. The molecule has 0 aromatic heterocycles. The topological polar surface area (TPSA) is 180 Å². The maximum absolute atomic E-state index is 14.1. The smallest absolute Gasteiger partial charge is 0.384 e. The Morgan fingerprint density at radius 2 is 1.43 bits per heavy atom. The van der Waals surface area contributed by atoms with Crippen molar-refractivity contribution >= 4 is 42.0 Å². The van der Waals surface area contributed by atoms with Gasteiger partial charge in [-0.1, -0.05) is 65.0 Å². The molecule has 0 radical (unpaired) electrons. The Morgan fingerprint density at radius 1 is 0.839 bits per heavy atom. The van der Waals surface area contributed by atoms with E-state index in [1.54, 1.807) is 27.8 Å². The maximum Gasteiger partial charge on any atom is 0.414 e. The van der Waals surface area contributed by atoms with Crippen LogP contribution in [-0.2, 0) is 35.2 Å². The van der Waals surface area contributed by atoms with Gasteiger partial charge in [0.25, 0.3) is 0 Å². The van der Waals surface area contributed by atoms with Crippen molar-refractivity contribution in [1.82, 2.24) is 35.1 Å². The van der Waals surface area contributed by atoms with Gasteiger partial charge in [-0.3, -0.25) is 43.9 Å². The number of hydrogen-bond acceptors (Lipinski definition) is 9. The van der Waals surface area contributed by atoms with Crippen molar-refractivity contribution in [2.24, 2.45) is 11.8 Å². The quantitative estimate of drug-likeness (QED) is 0.125. The van der Waals surface area contributed by atoms with Crippen LogP contribution in [-0.4, -0.2) is 150 Å². The number of carbonyl (C=O) groups is 7. The SMILES string of the molecule is CCC(=O)N(C)[C@@H](Cc1ccccc1)N[C@@H](CC(C)C)C(=O)N(C)C(=O)N(C)[C@H](C(=O)N[C@@H](CCCC(O)C(F)(F)F)C(=O)N(C)CC(=O)N(C)C=O)C(C)C. The van der Waals surface area contributed by atoms with Crippen molar-refractivity contribution in [1.29, 1.82) is 0 Å². The van der Waals surface area contributed by atoms with Gasteiger partial charge in [-0.25, -0.2) is 4.79 Å². The summed E-state index contributed by atoms with van der Waals surface area (Å²) in [4.78, 5) is 96.5. The fourth-order valence-electron chi connectivity index (χ4n) is 6.03. The van der Waals surface area contributed by atoms with Crippen LogP contribution >= 0.6 is 0 Å². The van der Waals surface area contributed by atoms with E-state index in [1.165, 1.54) is 33.1 Å². The summed E-state index contributed by atoms with van der Waals surface area (Å²) in [5.74, 6) is -3.92. The van der Waals surface area contributed by atoms with Crippen molar-refractivity contribution in [2.75, 3.05) is 41.8 Å². The zero-order chi connectivity index (χ0) is 43.1. The molecule has 15 nitrogen and oxygen atoms in total. The number of alkyl halides is 3. The van der Waals surface area contributed by atoms with Gasteiger partial charge in [0.1, 0.15) is 18.2 Å². The summed E-state index contributed by atoms with van der Waals surface area (Å²) in [5, 5.41) is 15.3. The highest BCUT2D eigenvalue weighted by molar-refractivity contribution is 5.99. The first-order valence-electron chi connectivity index (χ1n) is 18.6. The van der Waals surface area contributed by atoms with Crippen molar-refractivity contribution in [3.05, 3.63) is 35.9 Å². The van der Waals surface area contributed by atoms with Crippen LogP contribution in [0.15, 0.2) is 30.3 Å². The molecule has 0 saturated heterocycles. The first-order valence-corrected chi connectivity index (χ1v) is 18.6. The lowest BCUT2D eigenvalue weighted by atomic mass is 9.99. The molecule has 0 aliphatic rings. The second-order valence-corrected chi connectivity index (χ2v) is 14.7. The van der Waals surface area contributed by atoms with E-state index in [1.807, 2.05) is 44.2 Å². The predicted octanol–water partition coefficient (Wildman–Crippen LogP) is 2.61. The van der Waals surface area contributed by atoms with Crippen molar-refractivity contribution in [3.63, 3.8) is 0 Å². The van der Waals surface area contributed by atoms with Gasteiger partial charge in [0.2, 0.25) is 35.9 Å². The van der Waals surface area contributed by atoms with Crippen LogP contribution in [0.1, 0.15) is 72.3 Å². The third kappa shape index (κ3) is 15.2. The molecule has 0 aliphatic carbocycles. The number of imide groups is 2. The summed E-state index contributed by atoms with van der Waals surface area (Å²) >= 11 is 0. The van der Waals surface area contributed by atoms with Crippen molar-refractivity contribution in [2.45, 2.75) is 110 Å². The predicted molar refractivity (Wildman–Crippen MR) is 202 cm³/mol. The van der Waals surface area contributed by atoms with Crippen LogP contribution in [0.5, 0.6) is 0 Å². The zero-order valence-corrected chi connectivity index (χ0v) is 34.1. The number of amides is 8. The van der Waals surface area contributed by atoms with Gasteiger partial charge < -0.3 is 25.1 Å². The van der Waals surface area contributed by atoms with E-state index in [2.05, 4.69) is 10.6 Å². The third-order valence-corrected chi connectivity index (χ3v) is 9.33. The molecule has 1 aromatic carbocycles. The molecule has 5 atom stereocenters. The molecule has 56 heavy (non-hydrogen) atoms. The Kier molecular flexibility index (Phi) is 20.2. The van der Waals surface area contributed by atoms with Gasteiger partial charge in [-0.2, -0.15) is 13.2 Å². The van der Waals surface area contributed by atoms with Gasteiger partial charge in [-0.05, 0) is 43.1 Å². The zero-order valence-electron chi connectivity index (χ0n) is 34.1. The first kappa shape index (κ1) is 49.4. The van der Waals surface area contributed by atoms with Crippen LogP contribution in [0.2, 0.25) is 0 Å².